The van der Waals surface area contributed by atoms with Gasteiger partial charge in [-0.05, 0) is 30.2 Å². The first-order valence-electron chi connectivity index (χ1n) is 7.11. The van der Waals surface area contributed by atoms with E-state index in [1.807, 2.05) is 47.4 Å². The zero-order chi connectivity index (χ0) is 14.8. The predicted octanol–water partition coefficient (Wildman–Crippen LogP) is 3.69. The highest BCUT2D eigenvalue weighted by atomic mass is 32.2. The summed E-state index contributed by atoms with van der Waals surface area (Å²) in [6.45, 7) is 2.58. The molecule has 1 aliphatic heterocycles. The average molecular weight is 298 g/mol. The van der Waals surface area contributed by atoms with E-state index < -0.39 is 0 Å². The number of fused-ring (bicyclic) bond motifs is 1. The van der Waals surface area contributed by atoms with Crippen LogP contribution in [0.15, 0.2) is 53.4 Å². The molecule has 1 aliphatic rings. The van der Waals surface area contributed by atoms with Gasteiger partial charge < -0.3 is 10.6 Å². The lowest BCUT2D eigenvalue weighted by Crippen LogP contribution is -2.40. The lowest BCUT2D eigenvalue weighted by Gasteiger charge is -2.33. The summed E-state index contributed by atoms with van der Waals surface area (Å²) < 4.78 is 0. The summed E-state index contributed by atoms with van der Waals surface area (Å²) in [6.07, 6.45) is 0.832. The van der Waals surface area contributed by atoms with Crippen LogP contribution in [0.4, 0.5) is 11.4 Å². The predicted molar refractivity (Wildman–Crippen MR) is 88.4 cm³/mol. The molecule has 1 heterocycles. The van der Waals surface area contributed by atoms with E-state index in [9.17, 15) is 4.79 Å². The standard InChI is InChI=1S/C17H18N2OS/c1-2-15-17(20)19(11-12-7-3-4-8-13(12)18)14-9-5-6-10-16(14)21-15/h3-10,15H,2,11,18H2,1H3. The van der Waals surface area contributed by atoms with Gasteiger partial charge in [-0.15, -0.1) is 11.8 Å². The van der Waals surface area contributed by atoms with Crippen molar-refractivity contribution in [3.63, 3.8) is 0 Å². The Hall–Kier alpha value is -1.94. The normalized spacial score (nSPS) is 17.7. The lowest BCUT2D eigenvalue weighted by atomic mass is 10.1. The number of rotatable bonds is 3. The van der Waals surface area contributed by atoms with Crippen LogP contribution >= 0.6 is 11.8 Å². The monoisotopic (exact) mass is 298 g/mol. The number of nitrogens with two attached hydrogens (primary N) is 1. The molecule has 2 N–H and O–H groups in total. The van der Waals surface area contributed by atoms with Crippen molar-refractivity contribution < 1.29 is 4.79 Å². The maximum Gasteiger partial charge on any atom is 0.240 e. The second-order valence-electron chi connectivity index (χ2n) is 5.11. The maximum absolute atomic E-state index is 12.7. The summed E-state index contributed by atoms with van der Waals surface area (Å²) in [6, 6.07) is 15.8. The minimum atomic E-state index is -0.00941. The topological polar surface area (TPSA) is 46.3 Å². The Morgan fingerprint density at radius 2 is 1.86 bits per heavy atom. The second kappa shape index (κ2) is 5.82. The van der Waals surface area contributed by atoms with Crippen molar-refractivity contribution in [3.8, 4) is 0 Å². The molecule has 0 spiro atoms. The van der Waals surface area contributed by atoms with Crippen LogP contribution in [0.3, 0.4) is 0 Å². The van der Waals surface area contributed by atoms with Gasteiger partial charge in [-0.25, -0.2) is 0 Å². The van der Waals surface area contributed by atoms with Crippen LogP contribution in [-0.2, 0) is 11.3 Å². The summed E-state index contributed by atoms with van der Waals surface area (Å²) in [5, 5.41) is -0.00941. The van der Waals surface area contributed by atoms with Crippen LogP contribution in [0.2, 0.25) is 0 Å². The number of hydrogen-bond acceptors (Lipinski definition) is 3. The summed E-state index contributed by atoms with van der Waals surface area (Å²) in [5.74, 6) is 0.171. The molecule has 21 heavy (non-hydrogen) atoms. The second-order valence-corrected chi connectivity index (χ2v) is 6.35. The molecule has 1 unspecified atom stereocenters. The van der Waals surface area contributed by atoms with Gasteiger partial charge in [-0.2, -0.15) is 0 Å². The Morgan fingerprint density at radius 1 is 1.14 bits per heavy atom. The van der Waals surface area contributed by atoms with Gasteiger partial charge in [0.2, 0.25) is 5.91 Å². The van der Waals surface area contributed by atoms with Gasteiger partial charge in [-0.1, -0.05) is 37.3 Å². The molecule has 0 aliphatic carbocycles. The molecule has 0 aromatic heterocycles. The van der Waals surface area contributed by atoms with E-state index in [1.54, 1.807) is 11.8 Å². The van der Waals surface area contributed by atoms with Crippen LogP contribution in [0.5, 0.6) is 0 Å². The highest BCUT2D eigenvalue weighted by Gasteiger charge is 2.32. The number of carbonyl (C=O) groups is 1. The van der Waals surface area contributed by atoms with E-state index in [-0.39, 0.29) is 11.2 Å². The number of para-hydroxylation sites is 2. The lowest BCUT2D eigenvalue weighted by molar-refractivity contribution is -0.118. The van der Waals surface area contributed by atoms with Crippen LogP contribution in [0.25, 0.3) is 0 Å². The van der Waals surface area contributed by atoms with E-state index in [2.05, 4.69) is 13.0 Å². The fraction of sp³-hybridized carbons (Fsp3) is 0.235. The number of nitrogen functional groups attached to an aromatic ring is 1. The number of hydrogen-bond donors (Lipinski definition) is 1. The number of benzene rings is 2. The van der Waals surface area contributed by atoms with Gasteiger partial charge in [0.05, 0.1) is 17.5 Å². The van der Waals surface area contributed by atoms with E-state index in [0.717, 1.165) is 23.4 Å². The highest BCUT2D eigenvalue weighted by Crippen LogP contribution is 2.40. The van der Waals surface area contributed by atoms with E-state index in [0.29, 0.717) is 6.54 Å². The van der Waals surface area contributed by atoms with Gasteiger partial charge in [0.25, 0.3) is 0 Å². The molecule has 0 bridgehead atoms. The quantitative estimate of drug-likeness (QED) is 0.879. The molecule has 0 radical (unpaired) electrons. The SMILES string of the molecule is CCC1Sc2ccccc2N(Cc2ccccc2N)C1=O. The van der Waals surface area contributed by atoms with E-state index >= 15 is 0 Å². The summed E-state index contributed by atoms with van der Waals surface area (Å²) in [4.78, 5) is 15.7. The summed E-state index contributed by atoms with van der Waals surface area (Å²) >= 11 is 1.66. The Balaban J connectivity index is 1.99. The molecule has 1 atom stereocenters. The first-order chi connectivity index (χ1) is 10.2. The molecule has 4 heteroatoms. The van der Waals surface area contributed by atoms with Crippen LogP contribution < -0.4 is 10.6 Å². The highest BCUT2D eigenvalue weighted by molar-refractivity contribution is 8.01. The number of amides is 1. The molecule has 0 saturated carbocycles. The van der Waals surface area contributed by atoms with Crippen molar-refractivity contribution in [1.82, 2.24) is 0 Å². The van der Waals surface area contributed by atoms with Crippen LogP contribution in [0.1, 0.15) is 18.9 Å². The van der Waals surface area contributed by atoms with Crippen LogP contribution in [0, 0.1) is 0 Å². The Kier molecular flexibility index (Phi) is 3.88. The van der Waals surface area contributed by atoms with Crippen molar-refractivity contribution >= 4 is 29.0 Å². The molecule has 2 aromatic rings. The van der Waals surface area contributed by atoms with E-state index in [1.165, 1.54) is 4.90 Å². The molecule has 108 valence electrons. The van der Waals surface area contributed by atoms with Crippen molar-refractivity contribution in [2.24, 2.45) is 0 Å². The Morgan fingerprint density at radius 3 is 2.62 bits per heavy atom. The van der Waals surface area contributed by atoms with Crippen molar-refractivity contribution in [2.45, 2.75) is 30.0 Å². The smallest absolute Gasteiger partial charge is 0.240 e. The molecule has 0 fully saturated rings. The zero-order valence-corrected chi connectivity index (χ0v) is 12.8. The molecule has 3 nitrogen and oxygen atoms in total. The molecular weight excluding hydrogens is 280 g/mol. The number of carbonyl (C=O) groups excluding carboxylic acids is 1. The molecule has 1 amide bonds. The third-order valence-electron chi connectivity index (χ3n) is 3.72. The third kappa shape index (κ3) is 2.63. The van der Waals surface area contributed by atoms with Crippen molar-refractivity contribution in [1.29, 1.82) is 0 Å². The van der Waals surface area contributed by atoms with Gasteiger partial charge >= 0.3 is 0 Å². The fourth-order valence-corrected chi connectivity index (χ4v) is 3.70. The van der Waals surface area contributed by atoms with Gasteiger partial charge in [-0.3, -0.25) is 4.79 Å². The largest absolute Gasteiger partial charge is 0.398 e. The molecule has 0 saturated heterocycles. The fourth-order valence-electron chi connectivity index (χ4n) is 2.55. The third-order valence-corrected chi connectivity index (χ3v) is 5.14. The zero-order valence-electron chi connectivity index (χ0n) is 12.0. The van der Waals surface area contributed by atoms with Gasteiger partial charge in [0.15, 0.2) is 0 Å². The van der Waals surface area contributed by atoms with Crippen molar-refractivity contribution in [2.75, 3.05) is 10.6 Å². The van der Waals surface area contributed by atoms with Crippen LogP contribution in [-0.4, -0.2) is 11.2 Å². The first kappa shape index (κ1) is 14.0. The average Bonchev–Trinajstić information content (AvgIpc) is 2.51. The molecule has 2 aromatic carbocycles. The summed E-state index contributed by atoms with van der Waals surface area (Å²) in [7, 11) is 0. The number of thioether (sulfide) groups is 1. The van der Waals surface area contributed by atoms with E-state index in [4.69, 9.17) is 5.73 Å². The minimum Gasteiger partial charge on any atom is -0.398 e. The molecular formula is C17H18N2OS. The Labute approximate surface area is 129 Å². The summed E-state index contributed by atoms with van der Waals surface area (Å²) in [5.41, 5.74) is 8.73. The maximum atomic E-state index is 12.7. The first-order valence-corrected chi connectivity index (χ1v) is 7.99. The Bertz CT molecular complexity index is 671. The number of nitrogens with zero attached hydrogens (tertiary/aromatic N) is 1. The van der Waals surface area contributed by atoms with Gasteiger partial charge in [0.1, 0.15) is 0 Å². The van der Waals surface area contributed by atoms with Crippen molar-refractivity contribution in [3.05, 3.63) is 54.1 Å². The minimum absolute atomic E-state index is 0.00941. The van der Waals surface area contributed by atoms with Gasteiger partial charge in [0, 0.05) is 10.6 Å². The molecule has 3 rings (SSSR count). The number of anilines is 2.